The maximum absolute atomic E-state index is 5.40. The van der Waals surface area contributed by atoms with Gasteiger partial charge in [-0.1, -0.05) is 18.2 Å². The first kappa shape index (κ1) is 15.5. The van der Waals surface area contributed by atoms with E-state index in [2.05, 4.69) is 35.3 Å². The summed E-state index contributed by atoms with van der Waals surface area (Å²) in [4.78, 5) is 4.51. The molecule has 1 unspecified atom stereocenters. The Morgan fingerprint density at radius 2 is 2.04 bits per heavy atom. The Labute approximate surface area is 136 Å². The van der Waals surface area contributed by atoms with E-state index in [1.165, 1.54) is 0 Å². The molecule has 0 fully saturated rings. The highest BCUT2D eigenvalue weighted by Crippen LogP contribution is 2.21. The van der Waals surface area contributed by atoms with Crippen LogP contribution >= 0.6 is 0 Å². The number of hydrogen-bond acceptors (Lipinski definition) is 4. The minimum Gasteiger partial charge on any atom is -0.496 e. The molecule has 3 rings (SSSR count). The number of methoxy groups -OCH3 is 1. The number of fused-ring (bicyclic) bond motifs is 1. The van der Waals surface area contributed by atoms with Crippen LogP contribution in [0.2, 0.25) is 0 Å². The number of aromatic nitrogens is 3. The fourth-order valence-corrected chi connectivity index (χ4v) is 2.82. The Bertz CT molecular complexity index is 825. The van der Waals surface area contributed by atoms with Gasteiger partial charge in [-0.25, -0.2) is 9.50 Å². The van der Waals surface area contributed by atoms with Crippen LogP contribution in [0.4, 0.5) is 0 Å². The number of rotatable bonds is 5. The van der Waals surface area contributed by atoms with E-state index in [1.54, 1.807) is 7.11 Å². The minimum absolute atomic E-state index is 0.168. The highest BCUT2D eigenvalue weighted by Gasteiger charge is 2.13. The number of aryl methyl sites for hydroxylation is 2. The highest BCUT2D eigenvalue weighted by molar-refractivity contribution is 5.42. The van der Waals surface area contributed by atoms with Crippen LogP contribution in [-0.2, 0) is 6.54 Å². The predicted octanol–water partition coefficient (Wildman–Crippen LogP) is 3.21. The lowest BCUT2D eigenvalue weighted by Crippen LogP contribution is -2.20. The first-order valence-corrected chi connectivity index (χ1v) is 7.77. The van der Waals surface area contributed by atoms with Crippen molar-refractivity contribution in [2.24, 2.45) is 0 Å². The summed E-state index contributed by atoms with van der Waals surface area (Å²) in [6, 6.07) is 10.2. The zero-order chi connectivity index (χ0) is 16.4. The molecule has 2 aromatic heterocycles. The van der Waals surface area contributed by atoms with Gasteiger partial charge in [-0.05, 0) is 26.8 Å². The minimum atomic E-state index is 0.168. The van der Waals surface area contributed by atoms with Crippen molar-refractivity contribution in [2.45, 2.75) is 33.4 Å². The number of ether oxygens (including phenoxy) is 1. The molecule has 5 nitrogen and oxygen atoms in total. The highest BCUT2D eigenvalue weighted by atomic mass is 16.5. The van der Waals surface area contributed by atoms with Gasteiger partial charge in [0.15, 0.2) is 5.65 Å². The number of nitrogens with zero attached hydrogens (tertiary/aromatic N) is 3. The Morgan fingerprint density at radius 3 is 2.83 bits per heavy atom. The van der Waals surface area contributed by atoms with E-state index in [4.69, 9.17) is 4.74 Å². The van der Waals surface area contributed by atoms with E-state index in [-0.39, 0.29) is 6.04 Å². The van der Waals surface area contributed by atoms with Crippen LogP contribution in [0.5, 0.6) is 5.75 Å². The van der Waals surface area contributed by atoms with Crippen LogP contribution in [0, 0.1) is 13.8 Å². The van der Waals surface area contributed by atoms with Crippen LogP contribution in [0.1, 0.15) is 35.5 Å². The van der Waals surface area contributed by atoms with Gasteiger partial charge in [0.05, 0.1) is 12.8 Å². The second-order valence-corrected chi connectivity index (χ2v) is 5.77. The monoisotopic (exact) mass is 310 g/mol. The Morgan fingerprint density at radius 1 is 1.26 bits per heavy atom. The van der Waals surface area contributed by atoms with Crippen molar-refractivity contribution in [1.29, 1.82) is 0 Å². The van der Waals surface area contributed by atoms with Gasteiger partial charge in [0.25, 0.3) is 0 Å². The maximum atomic E-state index is 5.40. The molecule has 0 aliphatic heterocycles. The Kier molecular flexibility index (Phi) is 4.30. The summed E-state index contributed by atoms with van der Waals surface area (Å²) in [7, 11) is 1.70. The van der Waals surface area contributed by atoms with Crippen LogP contribution in [0.15, 0.2) is 36.5 Å². The van der Waals surface area contributed by atoms with Gasteiger partial charge < -0.3 is 10.1 Å². The Hall–Kier alpha value is -2.40. The van der Waals surface area contributed by atoms with E-state index < -0.39 is 0 Å². The van der Waals surface area contributed by atoms with Crippen molar-refractivity contribution in [3.8, 4) is 5.75 Å². The molecule has 23 heavy (non-hydrogen) atoms. The van der Waals surface area contributed by atoms with Crippen LogP contribution < -0.4 is 10.1 Å². The number of para-hydroxylation sites is 1. The van der Waals surface area contributed by atoms with Gasteiger partial charge in [0.2, 0.25) is 0 Å². The number of benzene rings is 1. The van der Waals surface area contributed by atoms with Gasteiger partial charge in [-0.2, -0.15) is 5.10 Å². The first-order valence-electron chi connectivity index (χ1n) is 7.77. The molecule has 120 valence electrons. The second-order valence-electron chi connectivity index (χ2n) is 5.77. The van der Waals surface area contributed by atoms with Crippen molar-refractivity contribution in [1.82, 2.24) is 19.9 Å². The molecular weight excluding hydrogens is 288 g/mol. The summed E-state index contributed by atoms with van der Waals surface area (Å²) in [6.07, 6.45) is 1.94. The quantitative estimate of drug-likeness (QED) is 0.786. The van der Waals surface area contributed by atoms with E-state index in [0.29, 0.717) is 0 Å². The van der Waals surface area contributed by atoms with Gasteiger partial charge in [-0.3, -0.25) is 0 Å². The van der Waals surface area contributed by atoms with E-state index in [0.717, 1.165) is 40.5 Å². The molecule has 1 N–H and O–H groups in total. The van der Waals surface area contributed by atoms with Gasteiger partial charge in [0, 0.05) is 41.7 Å². The van der Waals surface area contributed by atoms with Crippen LogP contribution in [0.3, 0.4) is 0 Å². The molecule has 0 saturated carbocycles. The van der Waals surface area contributed by atoms with Gasteiger partial charge in [-0.15, -0.1) is 0 Å². The number of hydrogen-bond donors (Lipinski definition) is 1. The maximum Gasteiger partial charge on any atom is 0.155 e. The lowest BCUT2D eigenvalue weighted by atomic mass is 10.1. The molecule has 3 aromatic rings. The summed E-state index contributed by atoms with van der Waals surface area (Å²) in [5.41, 5.74) is 5.27. The summed E-state index contributed by atoms with van der Waals surface area (Å²) < 4.78 is 7.31. The molecule has 2 heterocycles. The third-order valence-corrected chi connectivity index (χ3v) is 4.14. The summed E-state index contributed by atoms with van der Waals surface area (Å²) >= 11 is 0. The second kappa shape index (κ2) is 6.38. The number of nitrogens with one attached hydrogen (secondary N) is 1. The van der Waals surface area contributed by atoms with E-state index >= 15 is 0 Å². The summed E-state index contributed by atoms with van der Waals surface area (Å²) in [5, 5.41) is 8.05. The van der Waals surface area contributed by atoms with Crippen molar-refractivity contribution >= 4 is 5.65 Å². The summed E-state index contributed by atoms with van der Waals surface area (Å²) in [5.74, 6) is 0.903. The summed E-state index contributed by atoms with van der Waals surface area (Å²) in [6.45, 7) is 6.94. The average Bonchev–Trinajstić information content (AvgIpc) is 2.94. The molecule has 0 spiro atoms. The van der Waals surface area contributed by atoms with E-state index in [1.807, 2.05) is 41.9 Å². The first-order chi connectivity index (χ1) is 11.1. The van der Waals surface area contributed by atoms with Crippen molar-refractivity contribution < 1.29 is 4.74 Å². The van der Waals surface area contributed by atoms with E-state index in [9.17, 15) is 0 Å². The normalized spacial score (nSPS) is 12.5. The third-order valence-electron chi connectivity index (χ3n) is 4.14. The predicted molar refractivity (Wildman–Crippen MR) is 90.7 cm³/mol. The average molecular weight is 310 g/mol. The molecule has 1 aromatic carbocycles. The van der Waals surface area contributed by atoms with Crippen LogP contribution in [-0.4, -0.2) is 21.7 Å². The largest absolute Gasteiger partial charge is 0.496 e. The SMILES string of the molecule is COc1ccccc1CNC(C)c1cnc2cc(C)nn2c1C. The Balaban J connectivity index is 1.80. The molecule has 1 atom stereocenters. The topological polar surface area (TPSA) is 51.5 Å². The zero-order valence-corrected chi connectivity index (χ0v) is 14.0. The molecule has 0 bridgehead atoms. The zero-order valence-electron chi connectivity index (χ0n) is 14.0. The molecule has 5 heteroatoms. The molecule has 0 aliphatic carbocycles. The van der Waals surface area contributed by atoms with Gasteiger partial charge in [0.1, 0.15) is 5.75 Å². The molecule has 0 saturated heterocycles. The third kappa shape index (κ3) is 3.05. The fourth-order valence-electron chi connectivity index (χ4n) is 2.82. The smallest absolute Gasteiger partial charge is 0.155 e. The van der Waals surface area contributed by atoms with Gasteiger partial charge >= 0.3 is 0 Å². The molecule has 0 amide bonds. The van der Waals surface area contributed by atoms with Crippen LogP contribution in [0.25, 0.3) is 5.65 Å². The molecule has 0 radical (unpaired) electrons. The molecular formula is C18H22N4O. The van der Waals surface area contributed by atoms with Crippen molar-refractivity contribution in [3.63, 3.8) is 0 Å². The molecule has 0 aliphatic rings. The standard InChI is InChI=1S/C18H22N4O/c1-12-9-18-20-11-16(14(3)22(18)21-12)13(2)19-10-15-7-5-6-8-17(15)23-4/h5-9,11,13,19H,10H2,1-4H3. The lowest BCUT2D eigenvalue weighted by molar-refractivity contribution is 0.406. The fraction of sp³-hybridized carbons (Fsp3) is 0.333. The van der Waals surface area contributed by atoms with Crippen molar-refractivity contribution in [2.75, 3.05) is 7.11 Å². The van der Waals surface area contributed by atoms with Crippen molar-refractivity contribution in [3.05, 3.63) is 59.0 Å². The lowest BCUT2D eigenvalue weighted by Gasteiger charge is -2.17.